The number of hydrogen-bond donors (Lipinski definition) is 6. The minimum absolute atomic E-state index is 0.0124. The second kappa shape index (κ2) is 12.6. The van der Waals surface area contributed by atoms with Gasteiger partial charge in [0.15, 0.2) is 6.10 Å². The molecule has 2 aliphatic heterocycles. The highest BCUT2D eigenvalue weighted by Gasteiger charge is 2.53. The van der Waals surface area contributed by atoms with E-state index in [-0.39, 0.29) is 24.8 Å². The number of carboxylic acids is 2. The van der Waals surface area contributed by atoms with Gasteiger partial charge in [-0.25, -0.2) is 9.59 Å². The van der Waals surface area contributed by atoms with E-state index in [1.54, 1.807) is 0 Å². The predicted octanol–water partition coefficient (Wildman–Crippen LogP) is -0.744. The summed E-state index contributed by atoms with van der Waals surface area (Å²) in [7, 11) is 0. The summed E-state index contributed by atoms with van der Waals surface area (Å²) in [6.45, 7) is 1.54. The first-order chi connectivity index (χ1) is 19.0. The highest BCUT2D eigenvalue weighted by Crippen LogP contribution is 2.42. The van der Waals surface area contributed by atoms with E-state index in [2.05, 4.69) is 5.32 Å². The van der Waals surface area contributed by atoms with Gasteiger partial charge in [-0.05, 0) is 50.5 Å². The molecule has 0 aromatic heterocycles. The molecule has 3 aliphatic rings. The van der Waals surface area contributed by atoms with Gasteiger partial charge in [0, 0.05) is 6.04 Å². The zero-order chi connectivity index (χ0) is 29.1. The molecule has 6 N–H and O–H groups in total. The smallest absolute Gasteiger partial charge is 0.335 e. The second-order valence-electron chi connectivity index (χ2n) is 10.7. The summed E-state index contributed by atoms with van der Waals surface area (Å²) in [5.74, 6) is -4.15. The van der Waals surface area contributed by atoms with Crippen LogP contribution in [0.3, 0.4) is 0 Å². The first kappa shape index (κ1) is 29.9. The van der Waals surface area contributed by atoms with Crippen molar-refractivity contribution in [3.63, 3.8) is 0 Å². The maximum atomic E-state index is 13.7. The SMILES string of the molecule is C[C@@H](N[C@H](CCc1ccccc1)C(=O)O)C(=O)N1[C@@H](C(=O)OC2OC(C(=O)O)C(O)C(O)C2O)C[C@H]2CCC[C@H]21. The van der Waals surface area contributed by atoms with Gasteiger partial charge in [0.05, 0.1) is 6.04 Å². The number of rotatable bonds is 10. The first-order valence-electron chi connectivity index (χ1n) is 13.5. The molecule has 2 heterocycles. The predicted molar refractivity (Wildman–Crippen MR) is 136 cm³/mol. The van der Waals surface area contributed by atoms with Gasteiger partial charge in [-0.3, -0.25) is 14.9 Å². The lowest BCUT2D eigenvalue weighted by molar-refractivity contribution is -0.287. The average Bonchev–Trinajstić information content (AvgIpc) is 3.52. The lowest BCUT2D eigenvalue weighted by atomic mass is 9.99. The molecule has 0 spiro atoms. The first-order valence-corrected chi connectivity index (χ1v) is 13.5. The number of amides is 1. The van der Waals surface area contributed by atoms with E-state index in [4.69, 9.17) is 9.47 Å². The number of aryl methyl sites for hydroxylation is 1. The van der Waals surface area contributed by atoms with E-state index in [9.17, 15) is 44.7 Å². The molecule has 13 heteroatoms. The number of benzene rings is 1. The van der Waals surface area contributed by atoms with E-state index < -0.39 is 72.6 Å². The molecule has 2 saturated heterocycles. The van der Waals surface area contributed by atoms with Gasteiger partial charge in [0.1, 0.15) is 30.4 Å². The van der Waals surface area contributed by atoms with Crippen molar-refractivity contribution in [1.82, 2.24) is 10.2 Å². The molecule has 0 radical (unpaired) electrons. The quantitative estimate of drug-likeness (QED) is 0.195. The van der Waals surface area contributed by atoms with E-state index >= 15 is 0 Å². The third-order valence-electron chi connectivity index (χ3n) is 8.09. The van der Waals surface area contributed by atoms with Crippen LogP contribution in [0.1, 0.15) is 44.6 Å². The van der Waals surface area contributed by atoms with Crippen LogP contribution in [0.4, 0.5) is 0 Å². The Labute approximate surface area is 230 Å². The normalized spacial score (nSPS) is 33.1. The molecule has 1 amide bonds. The van der Waals surface area contributed by atoms with Gasteiger partial charge in [-0.15, -0.1) is 0 Å². The summed E-state index contributed by atoms with van der Waals surface area (Å²) in [6.07, 6.45) is -6.34. The molecule has 3 fully saturated rings. The van der Waals surface area contributed by atoms with Gasteiger partial charge >= 0.3 is 17.9 Å². The fourth-order valence-corrected chi connectivity index (χ4v) is 5.99. The van der Waals surface area contributed by atoms with Crippen molar-refractivity contribution in [3.8, 4) is 0 Å². The van der Waals surface area contributed by atoms with Crippen LogP contribution in [-0.2, 0) is 35.1 Å². The van der Waals surface area contributed by atoms with Gasteiger partial charge in [-0.2, -0.15) is 0 Å². The van der Waals surface area contributed by atoms with Gasteiger partial charge in [-0.1, -0.05) is 36.8 Å². The number of fused-ring (bicyclic) bond motifs is 1. The second-order valence-corrected chi connectivity index (χ2v) is 10.7. The molecule has 220 valence electrons. The van der Waals surface area contributed by atoms with E-state index in [1.165, 1.54) is 11.8 Å². The number of ether oxygens (including phenoxy) is 2. The van der Waals surface area contributed by atoms with Gasteiger partial charge < -0.3 is 39.9 Å². The van der Waals surface area contributed by atoms with Crippen molar-refractivity contribution in [2.24, 2.45) is 5.92 Å². The van der Waals surface area contributed by atoms with Crippen molar-refractivity contribution in [2.45, 2.75) is 100 Å². The largest absolute Gasteiger partial charge is 0.480 e. The number of nitrogens with zero attached hydrogens (tertiary/aromatic N) is 1. The molecule has 13 nitrogen and oxygen atoms in total. The Morgan fingerprint density at radius 3 is 2.40 bits per heavy atom. The molecule has 4 rings (SSSR count). The maximum absolute atomic E-state index is 13.7. The van der Waals surface area contributed by atoms with Crippen LogP contribution in [-0.4, -0.2) is 109 Å². The highest BCUT2D eigenvalue weighted by molar-refractivity contribution is 5.89. The lowest BCUT2D eigenvalue weighted by Gasteiger charge is -2.39. The summed E-state index contributed by atoms with van der Waals surface area (Å²) in [4.78, 5) is 51.7. The minimum atomic E-state index is -1.94. The molecular weight excluding hydrogens is 528 g/mol. The van der Waals surface area contributed by atoms with Crippen molar-refractivity contribution >= 4 is 23.8 Å². The van der Waals surface area contributed by atoms with Crippen LogP contribution < -0.4 is 5.32 Å². The monoisotopic (exact) mass is 564 g/mol. The Hall–Kier alpha value is -3.10. The number of esters is 1. The number of hydrogen-bond acceptors (Lipinski definition) is 10. The summed E-state index contributed by atoms with van der Waals surface area (Å²) in [5.41, 5.74) is 0.959. The van der Waals surface area contributed by atoms with Crippen LogP contribution in [0.15, 0.2) is 30.3 Å². The van der Waals surface area contributed by atoms with Crippen molar-refractivity contribution in [2.75, 3.05) is 0 Å². The molecule has 1 aromatic carbocycles. The van der Waals surface area contributed by atoms with Gasteiger partial charge in [0.25, 0.3) is 0 Å². The topological polar surface area (TPSA) is 203 Å². The number of aliphatic hydroxyl groups is 3. The third-order valence-corrected chi connectivity index (χ3v) is 8.09. The number of carboxylic acid groups (broad SMARTS) is 2. The number of aliphatic hydroxyl groups excluding tert-OH is 3. The van der Waals surface area contributed by atoms with Gasteiger partial charge in [0.2, 0.25) is 12.2 Å². The number of aliphatic carboxylic acids is 2. The summed E-state index contributed by atoms with van der Waals surface area (Å²) < 4.78 is 10.3. The fourth-order valence-electron chi connectivity index (χ4n) is 5.99. The zero-order valence-electron chi connectivity index (χ0n) is 22.0. The summed E-state index contributed by atoms with van der Waals surface area (Å²) in [6, 6.07) is 6.05. The number of carbonyl (C=O) groups excluding carboxylic acids is 2. The van der Waals surface area contributed by atoms with E-state index in [0.29, 0.717) is 12.8 Å². The molecule has 5 unspecified atom stereocenters. The van der Waals surface area contributed by atoms with Crippen LogP contribution in [0.25, 0.3) is 0 Å². The fraction of sp³-hybridized carbons (Fsp3) is 0.630. The molecule has 1 aromatic rings. The van der Waals surface area contributed by atoms with Crippen LogP contribution in [0, 0.1) is 5.92 Å². The summed E-state index contributed by atoms with van der Waals surface area (Å²) >= 11 is 0. The summed E-state index contributed by atoms with van der Waals surface area (Å²) in [5, 5.41) is 52.1. The number of nitrogens with one attached hydrogen (secondary N) is 1. The van der Waals surface area contributed by atoms with E-state index in [0.717, 1.165) is 18.4 Å². The standard InChI is InChI=1S/C27H36N2O11/c1-13(28-16(24(34)35)11-10-14-6-3-2-4-7-14)23(33)29-17-9-5-8-15(17)12-18(29)26(38)40-27-21(32)19(30)20(31)22(39-27)25(36)37/h2-4,6-7,13,15-22,27-28,30-32H,5,8-12H2,1H3,(H,34,35)(H,36,37)/t13-,15-,16-,17-,18-,19?,20?,21?,22?,27?/m1/s1. The Bertz CT molecular complexity index is 1090. The molecule has 40 heavy (non-hydrogen) atoms. The maximum Gasteiger partial charge on any atom is 0.335 e. The van der Waals surface area contributed by atoms with Crippen LogP contribution >= 0.6 is 0 Å². The highest BCUT2D eigenvalue weighted by atomic mass is 16.7. The van der Waals surface area contributed by atoms with Crippen molar-refractivity contribution in [1.29, 1.82) is 0 Å². The van der Waals surface area contributed by atoms with Crippen molar-refractivity contribution in [3.05, 3.63) is 35.9 Å². The molecular formula is C27H36N2O11. The number of carbonyl (C=O) groups is 4. The molecule has 0 bridgehead atoms. The Kier molecular flexibility index (Phi) is 9.41. The Morgan fingerprint density at radius 2 is 1.75 bits per heavy atom. The Morgan fingerprint density at radius 1 is 1.05 bits per heavy atom. The minimum Gasteiger partial charge on any atom is -0.480 e. The zero-order valence-corrected chi connectivity index (χ0v) is 22.0. The van der Waals surface area contributed by atoms with Crippen molar-refractivity contribution < 1.29 is 54.2 Å². The lowest BCUT2D eigenvalue weighted by Crippen LogP contribution is -2.61. The molecule has 1 saturated carbocycles. The third kappa shape index (κ3) is 6.28. The molecule has 1 aliphatic carbocycles. The average molecular weight is 565 g/mol. The van der Waals surface area contributed by atoms with Crippen LogP contribution in [0.2, 0.25) is 0 Å². The molecule has 10 atom stereocenters. The number of likely N-dealkylation sites (tertiary alicyclic amines) is 1. The van der Waals surface area contributed by atoms with E-state index in [1.807, 2.05) is 30.3 Å². The van der Waals surface area contributed by atoms with Crippen LogP contribution in [0.5, 0.6) is 0 Å². The Balaban J connectivity index is 1.45.